The number of benzene rings is 2. The summed E-state index contributed by atoms with van der Waals surface area (Å²) in [4.78, 5) is 13.8. The minimum atomic E-state index is -5.13. The number of carbonyl (C=O) groups is 1. The van der Waals surface area contributed by atoms with Gasteiger partial charge in [0.05, 0.1) is 29.0 Å². The van der Waals surface area contributed by atoms with Crippen molar-refractivity contribution in [3.8, 4) is 0 Å². The fraction of sp³-hybridized carbons (Fsp3) is 0.458. The summed E-state index contributed by atoms with van der Waals surface area (Å²) in [7, 11) is 0. The number of nitrogens with zero attached hydrogens (tertiary/aromatic N) is 1. The van der Waals surface area contributed by atoms with Gasteiger partial charge in [0.1, 0.15) is 0 Å². The van der Waals surface area contributed by atoms with E-state index in [-0.39, 0.29) is 36.8 Å². The molecule has 37 heavy (non-hydrogen) atoms. The molecule has 0 bridgehead atoms. The Bertz CT molecular complexity index is 1110. The van der Waals surface area contributed by atoms with Crippen LogP contribution in [0, 0.1) is 0 Å². The molecular formula is C24H23F9N2O2. The first-order valence-electron chi connectivity index (χ1n) is 11.2. The highest BCUT2D eigenvalue weighted by atomic mass is 19.4. The summed E-state index contributed by atoms with van der Waals surface area (Å²) in [6, 6.07) is 1.12. The highest BCUT2D eigenvalue weighted by molar-refractivity contribution is 5.90. The maximum absolute atomic E-state index is 13.5. The second-order valence-corrected chi connectivity index (χ2v) is 8.61. The van der Waals surface area contributed by atoms with E-state index in [0.29, 0.717) is 12.1 Å². The Morgan fingerprint density at radius 1 is 0.919 bits per heavy atom. The number of ether oxygens (including phenoxy) is 1. The van der Waals surface area contributed by atoms with Crippen molar-refractivity contribution in [1.29, 1.82) is 0 Å². The molecule has 0 fully saturated rings. The molecule has 1 aliphatic rings. The summed E-state index contributed by atoms with van der Waals surface area (Å²) in [6.07, 6.45) is -15.8. The lowest BCUT2D eigenvalue weighted by atomic mass is 9.77. The average Bonchev–Trinajstić information content (AvgIpc) is 2.80. The summed E-state index contributed by atoms with van der Waals surface area (Å²) in [5.74, 6) is -1.14. The van der Waals surface area contributed by atoms with Crippen LogP contribution >= 0.6 is 0 Å². The number of amides is 1. The first kappa shape index (κ1) is 28.6. The van der Waals surface area contributed by atoms with Crippen LogP contribution in [0.3, 0.4) is 0 Å². The fourth-order valence-corrected chi connectivity index (χ4v) is 4.50. The van der Waals surface area contributed by atoms with Gasteiger partial charge in [-0.15, -0.1) is 0 Å². The molecular weight excluding hydrogens is 519 g/mol. The van der Waals surface area contributed by atoms with Crippen LogP contribution in [0.15, 0.2) is 36.4 Å². The highest BCUT2D eigenvalue weighted by Crippen LogP contribution is 2.48. The molecule has 0 aromatic heterocycles. The molecule has 2 aromatic carbocycles. The quantitative estimate of drug-likeness (QED) is 0.404. The largest absolute Gasteiger partial charge is 0.449 e. The number of rotatable bonds is 4. The van der Waals surface area contributed by atoms with Gasteiger partial charge in [0.15, 0.2) is 0 Å². The predicted octanol–water partition coefficient (Wildman–Crippen LogP) is 7.67. The number of hydrogen-bond acceptors (Lipinski definition) is 3. The van der Waals surface area contributed by atoms with Crippen LogP contribution in [0.1, 0.15) is 66.5 Å². The van der Waals surface area contributed by atoms with E-state index in [1.54, 1.807) is 6.92 Å². The standard InChI is InChI=1S/C24H23F9N2O2/c1-3-16-11-18(20(34)12-7-14(23(28,29)30)9-15(8-12)24(31,32)33)17-10-13(22(25,26)27)5-6-19(17)35(16)21(36)37-4-2/h5-10,16,18,20H,3-4,11,34H2,1-2H3/t16-,18?,20?/m0/s1. The van der Waals surface area contributed by atoms with E-state index in [1.165, 1.54) is 6.92 Å². The first-order valence-corrected chi connectivity index (χ1v) is 11.2. The van der Waals surface area contributed by atoms with Gasteiger partial charge < -0.3 is 10.5 Å². The van der Waals surface area contributed by atoms with E-state index in [9.17, 15) is 44.3 Å². The number of alkyl halides is 9. The summed E-state index contributed by atoms with van der Waals surface area (Å²) in [6.45, 7) is 3.16. The van der Waals surface area contributed by atoms with E-state index in [1.807, 2.05) is 0 Å². The van der Waals surface area contributed by atoms with Crippen molar-refractivity contribution in [3.05, 3.63) is 64.2 Å². The lowest BCUT2D eigenvalue weighted by molar-refractivity contribution is -0.143. The maximum Gasteiger partial charge on any atom is 0.416 e. The number of hydrogen-bond donors (Lipinski definition) is 1. The minimum absolute atomic E-state index is 0.00646. The highest BCUT2D eigenvalue weighted by Gasteiger charge is 2.43. The molecule has 0 saturated heterocycles. The van der Waals surface area contributed by atoms with Crippen molar-refractivity contribution in [2.75, 3.05) is 11.5 Å². The molecule has 2 unspecified atom stereocenters. The molecule has 0 saturated carbocycles. The van der Waals surface area contributed by atoms with Gasteiger partial charge in [-0.25, -0.2) is 4.79 Å². The third-order valence-corrected chi connectivity index (χ3v) is 6.27. The van der Waals surface area contributed by atoms with Crippen molar-refractivity contribution in [3.63, 3.8) is 0 Å². The Balaban J connectivity index is 2.22. The van der Waals surface area contributed by atoms with E-state index in [4.69, 9.17) is 10.5 Å². The first-order chi connectivity index (χ1) is 17.0. The molecule has 0 radical (unpaired) electrons. The fourth-order valence-electron chi connectivity index (χ4n) is 4.50. The average molecular weight is 542 g/mol. The molecule has 1 amide bonds. The van der Waals surface area contributed by atoms with Crippen LogP contribution in [0.5, 0.6) is 0 Å². The van der Waals surface area contributed by atoms with Gasteiger partial charge in [0.2, 0.25) is 0 Å². The van der Waals surface area contributed by atoms with Gasteiger partial charge in [0, 0.05) is 18.0 Å². The SMILES string of the molecule is CCOC(=O)N1c2ccc(C(F)(F)F)cc2C(C(N)c2cc(C(F)(F)F)cc(C(F)(F)F)c2)C[C@@H]1CC. The molecule has 4 nitrogen and oxygen atoms in total. The van der Waals surface area contributed by atoms with Gasteiger partial charge in [-0.05, 0) is 67.3 Å². The Kier molecular flexibility index (Phi) is 7.79. The normalized spacial score (nSPS) is 19.4. The van der Waals surface area contributed by atoms with Crippen molar-refractivity contribution in [2.45, 2.75) is 63.2 Å². The zero-order valence-electron chi connectivity index (χ0n) is 19.6. The third kappa shape index (κ3) is 5.97. The van der Waals surface area contributed by atoms with E-state index >= 15 is 0 Å². The summed E-state index contributed by atoms with van der Waals surface area (Å²) in [5.41, 5.74) is 1.24. The molecule has 1 aliphatic heterocycles. The van der Waals surface area contributed by atoms with Crippen molar-refractivity contribution < 1.29 is 49.0 Å². The second kappa shape index (κ2) is 10.1. The predicted molar refractivity (Wildman–Crippen MR) is 116 cm³/mol. The van der Waals surface area contributed by atoms with E-state index in [2.05, 4.69) is 0 Å². The Morgan fingerprint density at radius 3 is 1.92 bits per heavy atom. The molecule has 1 heterocycles. The van der Waals surface area contributed by atoms with Crippen LogP contribution in [-0.4, -0.2) is 18.7 Å². The van der Waals surface area contributed by atoms with Gasteiger partial charge in [-0.2, -0.15) is 39.5 Å². The van der Waals surface area contributed by atoms with Gasteiger partial charge >= 0.3 is 24.6 Å². The molecule has 2 aromatic rings. The Hall–Kier alpha value is -2.96. The lowest BCUT2D eigenvalue weighted by Crippen LogP contribution is -2.46. The molecule has 0 aliphatic carbocycles. The van der Waals surface area contributed by atoms with Crippen LogP contribution < -0.4 is 10.6 Å². The number of fused-ring (bicyclic) bond motifs is 1. The lowest BCUT2D eigenvalue weighted by Gasteiger charge is -2.42. The zero-order valence-corrected chi connectivity index (χ0v) is 19.6. The van der Waals surface area contributed by atoms with Crippen LogP contribution in [0.2, 0.25) is 0 Å². The minimum Gasteiger partial charge on any atom is -0.449 e. The maximum atomic E-state index is 13.5. The zero-order chi connectivity index (χ0) is 27.9. The number of anilines is 1. The molecule has 2 N–H and O–H groups in total. The van der Waals surface area contributed by atoms with Crippen LogP contribution in [0.25, 0.3) is 0 Å². The van der Waals surface area contributed by atoms with Gasteiger partial charge in [0.25, 0.3) is 0 Å². The number of halogens is 9. The van der Waals surface area contributed by atoms with Crippen molar-refractivity contribution in [2.24, 2.45) is 5.73 Å². The van der Waals surface area contributed by atoms with Crippen LogP contribution in [0.4, 0.5) is 50.0 Å². The van der Waals surface area contributed by atoms with Gasteiger partial charge in [-0.3, -0.25) is 4.90 Å². The molecule has 3 rings (SSSR count). The topological polar surface area (TPSA) is 55.6 Å². The Morgan fingerprint density at radius 2 is 1.46 bits per heavy atom. The third-order valence-electron chi connectivity index (χ3n) is 6.27. The van der Waals surface area contributed by atoms with Crippen molar-refractivity contribution in [1.82, 2.24) is 0 Å². The van der Waals surface area contributed by atoms with Crippen molar-refractivity contribution >= 4 is 11.8 Å². The molecule has 0 spiro atoms. The van der Waals surface area contributed by atoms with E-state index < -0.39 is 64.9 Å². The summed E-state index contributed by atoms with van der Waals surface area (Å²) < 4.78 is 126. The van der Waals surface area contributed by atoms with E-state index in [0.717, 1.165) is 23.1 Å². The van der Waals surface area contributed by atoms with Crippen LogP contribution in [-0.2, 0) is 23.3 Å². The molecule has 204 valence electrons. The number of nitrogens with two attached hydrogens (primary N) is 1. The summed E-state index contributed by atoms with van der Waals surface area (Å²) in [5, 5.41) is 0. The monoisotopic (exact) mass is 542 g/mol. The number of carbonyl (C=O) groups excluding carboxylic acids is 1. The Labute approximate surface area is 206 Å². The smallest absolute Gasteiger partial charge is 0.416 e. The van der Waals surface area contributed by atoms with Gasteiger partial charge in [-0.1, -0.05) is 6.92 Å². The molecule has 3 atom stereocenters. The second-order valence-electron chi connectivity index (χ2n) is 8.61. The summed E-state index contributed by atoms with van der Waals surface area (Å²) >= 11 is 0. The molecule has 13 heteroatoms.